The maximum atomic E-state index is 9.80. The van der Waals surface area contributed by atoms with Crippen LogP contribution in [0.15, 0.2) is 0 Å². The van der Waals surface area contributed by atoms with Gasteiger partial charge in [-0.2, -0.15) is 0 Å². The topological polar surface area (TPSA) is 223 Å². The molecule has 0 rings (SSSR count). The summed E-state index contributed by atoms with van der Waals surface area (Å²) in [5.41, 5.74) is 0. The second-order valence-electron chi connectivity index (χ2n) is 5.76. The van der Waals surface area contributed by atoms with E-state index in [0.717, 1.165) is 0 Å². The first-order valence-electron chi connectivity index (χ1n) is 10.2. The molecule has 0 aliphatic rings. The Labute approximate surface area is 230 Å². The number of aliphatic carboxylic acids is 4. The minimum atomic E-state index is -0.953. The van der Waals surface area contributed by atoms with Crippen LogP contribution in [0.1, 0.15) is 0 Å². The minimum absolute atomic E-state index is 0. The molecule has 0 aliphatic heterocycles. The third-order valence-electron chi connectivity index (χ3n) is 2.63. The zero-order valence-electron chi connectivity index (χ0n) is 21.7. The van der Waals surface area contributed by atoms with Crippen molar-refractivity contribution in [2.75, 3.05) is 108 Å². The second-order valence-corrected chi connectivity index (χ2v) is 5.76. The van der Waals surface area contributed by atoms with E-state index in [1.165, 1.54) is 28.4 Å². The molecule has 0 unspecified atom stereocenters. The molecule has 0 heterocycles. The summed E-state index contributed by atoms with van der Waals surface area (Å²) in [5.74, 6) is -3.81. The zero-order valence-corrected chi connectivity index (χ0v) is 23.2. The van der Waals surface area contributed by atoms with Crippen LogP contribution in [0.4, 0.5) is 0 Å². The Morgan fingerprint density at radius 3 is 0.676 bits per heavy atom. The smallest absolute Gasteiger partial charge is 0.329 e. The van der Waals surface area contributed by atoms with Crippen LogP contribution in [-0.4, -0.2) is 152 Å². The van der Waals surface area contributed by atoms with Gasteiger partial charge in [0.15, 0.2) is 0 Å². The van der Waals surface area contributed by atoms with Crippen LogP contribution in [0.2, 0.25) is 0 Å². The van der Waals surface area contributed by atoms with Gasteiger partial charge in [-0.15, -0.1) is 0 Å². The summed E-state index contributed by atoms with van der Waals surface area (Å²) < 4.78 is 36.9. The summed E-state index contributed by atoms with van der Waals surface area (Å²) in [7, 11) is 6.13. The molecule has 0 spiro atoms. The van der Waals surface area contributed by atoms with Crippen molar-refractivity contribution in [1.29, 1.82) is 0 Å². The van der Waals surface area contributed by atoms with E-state index in [1.807, 2.05) is 0 Å². The van der Waals surface area contributed by atoms with Gasteiger partial charge in [0, 0.05) is 50.2 Å². The quantitative estimate of drug-likeness (QED) is 0.0988. The van der Waals surface area contributed by atoms with Gasteiger partial charge in [-0.05, 0) is 0 Å². The molecule has 0 fully saturated rings. The molecule has 0 saturated carbocycles. The Balaban J connectivity index is -0.000000122. The van der Waals surface area contributed by atoms with Crippen LogP contribution in [0, 0.1) is 0 Å². The summed E-state index contributed by atoms with van der Waals surface area (Å²) in [6.45, 7) is 2.11. The van der Waals surface area contributed by atoms with E-state index < -0.39 is 23.9 Å². The molecule has 0 bridgehead atoms. The van der Waals surface area contributed by atoms with Crippen molar-refractivity contribution in [1.82, 2.24) is 0 Å². The van der Waals surface area contributed by atoms with Gasteiger partial charge in [0.2, 0.25) is 0 Å². The molecular weight excluding hydrogens is 544 g/mol. The predicted molar refractivity (Wildman–Crippen MR) is 121 cm³/mol. The summed E-state index contributed by atoms with van der Waals surface area (Å²) in [6, 6.07) is 0. The van der Waals surface area contributed by atoms with Crippen molar-refractivity contribution < 1.29 is 99.2 Å². The Morgan fingerprint density at radius 1 is 0.405 bits per heavy atom. The van der Waals surface area contributed by atoms with Crippen molar-refractivity contribution in [3.63, 3.8) is 0 Å². The Morgan fingerprint density at radius 2 is 0.568 bits per heavy atom. The molecule has 37 heavy (non-hydrogen) atoms. The fourth-order valence-electron chi connectivity index (χ4n) is 1.21. The summed E-state index contributed by atoms with van der Waals surface area (Å²) in [4.78, 5) is 39.2. The van der Waals surface area contributed by atoms with E-state index in [2.05, 4.69) is 37.9 Å². The molecule has 0 aromatic rings. The summed E-state index contributed by atoms with van der Waals surface area (Å²) in [5, 5.41) is 32.2. The van der Waals surface area contributed by atoms with E-state index in [1.54, 1.807) is 0 Å². The van der Waals surface area contributed by atoms with Crippen LogP contribution in [0.5, 0.6) is 0 Å². The molecule has 0 radical (unpaired) electrons. The van der Waals surface area contributed by atoms with Crippen LogP contribution in [0.3, 0.4) is 0 Å². The standard InChI is InChI=1S/4C5H10O4.Ti/c4*1-8-2-3-9-4-5(6)7;/h4*2-4H2,1H3,(H,6,7);. The molecule has 0 aliphatic carbocycles. The SMILES string of the molecule is COCCOCC(=O)O.COCCOCC(=O)O.COCCOCC(=O)O.COCCOCC(=O)O.[Ti]. The van der Waals surface area contributed by atoms with Gasteiger partial charge in [-0.3, -0.25) is 0 Å². The van der Waals surface area contributed by atoms with Gasteiger partial charge in [-0.1, -0.05) is 0 Å². The average Bonchev–Trinajstić information content (AvgIpc) is 2.81. The van der Waals surface area contributed by atoms with E-state index in [0.29, 0.717) is 52.9 Å². The normalized spacial score (nSPS) is 9.19. The fraction of sp³-hybridized carbons (Fsp3) is 0.800. The van der Waals surface area contributed by atoms with Crippen LogP contribution in [0.25, 0.3) is 0 Å². The third-order valence-corrected chi connectivity index (χ3v) is 2.63. The van der Waals surface area contributed by atoms with Gasteiger partial charge in [0.05, 0.1) is 52.9 Å². The van der Waals surface area contributed by atoms with Crippen LogP contribution >= 0.6 is 0 Å². The predicted octanol–water partition coefficient (Wildman–Crippen LogP) is -1.07. The Kier molecular flexibility index (Phi) is 50.6. The van der Waals surface area contributed by atoms with Gasteiger partial charge in [0.25, 0.3) is 0 Å². The summed E-state index contributed by atoms with van der Waals surface area (Å²) >= 11 is 0. The molecule has 0 atom stereocenters. The number of carboxylic acid groups (broad SMARTS) is 4. The number of methoxy groups -OCH3 is 4. The largest absolute Gasteiger partial charge is 0.480 e. The van der Waals surface area contributed by atoms with Crippen LogP contribution in [-0.2, 0) is 78.8 Å². The first-order valence-corrected chi connectivity index (χ1v) is 10.2. The zero-order chi connectivity index (χ0) is 28.5. The second kappa shape index (κ2) is 41.4. The van der Waals surface area contributed by atoms with Crippen molar-refractivity contribution in [3.05, 3.63) is 0 Å². The summed E-state index contributed by atoms with van der Waals surface area (Å²) in [6.07, 6.45) is 0. The number of hydrogen-bond acceptors (Lipinski definition) is 12. The first kappa shape index (κ1) is 45.2. The van der Waals surface area contributed by atoms with E-state index in [9.17, 15) is 19.2 Å². The average molecular weight is 584 g/mol. The number of ether oxygens (including phenoxy) is 8. The molecule has 4 N–H and O–H groups in total. The number of carboxylic acids is 4. The fourth-order valence-corrected chi connectivity index (χ4v) is 1.21. The maximum absolute atomic E-state index is 9.80. The molecular formula is C20H40O16Ti. The van der Waals surface area contributed by atoms with Crippen LogP contribution < -0.4 is 0 Å². The van der Waals surface area contributed by atoms with Gasteiger partial charge in [-0.25, -0.2) is 19.2 Å². The van der Waals surface area contributed by atoms with Crippen molar-refractivity contribution in [3.8, 4) is 0 Å². The molecule has 220 valence electrons. The van der Waals surface area contributed by atoms with Gasteiger partial charge >= 0.3 is 23.9 Å². The molecule has 0 aromatic heterocycles. The van der Waals surface area contributed by atoms with Crippen molar-refractivity contribution in [2.45, 2.75) is 0 Å². The third kappa shape index (κ3) is 72.0. The van der Waals surface area contributed by atoms with E-state index in [4.69, 9.17) is 20.4 Å². The molecule has 0 amide bonds. The number of hydrogen-bond donors (Lipinski definition) is 4. The monoisotopic (exact) mass is 584 g/mol. The molecule has 16 nitrogen and oxygen atoms in total. The van der Waals surface area contributed by atoms with E-state index >= 15 is 0 Å². The first-order chi connectivity index (χ1) is 17.1. The Bertz CT molecular complexity index is 419. The molecule has 0 aromatic carbocycles. The molecule has 0 saturated heterocycles. The molecule has 17 heteroatoms. The van der Waals surface area contributed by atoms with Gasteiger partial charge < -0.3 is 58.3 Å². The van der Waals surface area contributed by atoms with Gasteiger partial charge in [0.1, 0.15) is 26.4 Å². The Hall–Kier alpha value is -1.73. The number of carbonyl (C=O) groups is 4. The maximum Gasteiger partial charge on any atom is 0.329 e. The van der Waals surface area contributed by atoms with Crippen molar-refractivity contribution >= 4 is 23.9 Å². The number of rotatable bonds is 20. The van der Waals surface area contributed by atoms with E-state index in [-0.39, 0.29) is 48.1 Å². The van der Waals surface area contributed by atoms with Crippen molar-refractivity contribution in [2.24, 2.45) is 0 Å². The minimum Gasteiger partial charge on any atom is -0.480 e.